The Morgan fingerprint density at radius 1 is 1.56 bits per heavy atom. The normalized spacial score (nSPS) is 19.1. The van der Waals surface area contributed by atoms with E-state index in [-0.39, 0.29) is 0 Å². The number of nitrogens with one attached hydrogen (secondary N) is 1. The molecule has 0 bridgehead atoms. The lowest BCUT2D eigenvalue weighted by Gasteiger charge is -2.22. The second kappa shape index (κ2) is 6.71. The number of hydrogen-bond donors (Lipinski definition) is 1. The van der Waals surface area contributed by atoms with E-state index in [1.54, 1.807) is 0 Å². The SMILES string of the molecule is CCNCc1ccnc(N(C)CC2CCCO2)c1. The number of likely N-dealkylation sites (N-methyl/N-ethyl adjacent to an activating group) is 1. The van der Waals surface area contributed by atoms with Gasteiger partial charge in [-0.15, -0.1) is 0 Å². The van der Waals surface area contributed by atoms with Crippen LogP contribution in [0.5, 0.6) is 0 Å². The Hall–Kier alpha value is -1.13. The van der Waals surface area contributed by atoms with Crippen molar-refractivity contribution in [3.8, 4) is 0 Å². The molecule has 1 unspecified atom stereocenters. The third kappa shape index (κ3) is 3.68. The van der Waals surface area contributed by atoms with Gasteiger partial charge < -0.3 is 15.0 Å². The topological polar surface area (TPSA) is 37.4 Å². The number of hydrogen-bond acceptors (Lipinski definition) is 4. The van der Waals surface area contributed by atoms with Crippen LogP contribution in [-0.2, 0) is 11.3 Å². The van der Waals surface area contributed by atoms with E-state index < -0.39 is 0 Å². The summed E-state index contributed by atoms with van der Waals surface area (Å²) in [6.07, 6.45) is 4.61. The highest BCUT2D eigenvalue weighted by molar-refractivity contribution is 5.40. The quantitative estimate of drug-likeness (QED) is 0.834. The molecular formula is C14H23N3O. The van der Waals surface area contributed by atoms with Gasteiger partial charge in [-0.3, -0.25) is 0 Å². The Morgan fingerprint density at radius 3 is 3.17 bits per heavy atom. The van der Waals surface area contributed by atoms with E-state index in [0.717, 1.165) is 32.1 Å². The smallest absolute Gasteiger partial charge is 0.128 e. The van der Waals surface area contributed by atoms with Crippen molar-refractivity contribution in [2.24, 2.45) is 0 Å². The molecule has 100 valence electrons. The third-order valence-corrected chi connectivity index (χ3v) is 3.28. The third-order valence-electron chi connectivity index (χ3n) is 3.28. The maximum Gasteiger partial charge on any atom is 0.128 e. The van der Waals surface area contributed by atoms with Gasteiger partial charge in [-0.05, 0) is 37.1 Å². The Bertz CT molecular complexity index is 364. The van der Waals surface area contributed by atoms with Crippen LogP contribution in [0.25, 0.3) is 0 Å². The van der Waals surface area contributed by atoms with E-state index in [1.165, 1.54) is 18.4 Å². The van der Waals surface area contributed by atoms with Crippen molar-refractivity contribution in [2.75, 3.05) is 31.6 Å². The highest BCUT2D eigenvalue weighted by atomic mass is 16.5. The van der Waals surface area contributed by atoms with Crippen LogP contribution < -0.4 is 10.2 Å². The van der Waals surface area contributed by atoms with Crippen LogP contribution in [0, 0.1) is 0 Å². The summed E-state index contributed by atoms with van der Waals surface area (Å²) in [4.78, 5) is 6.62. The highest BCUT2D eigenvalue weighted by Gasteiger charge is 2.18. The fourth-order valence-corrected chi connectivity index (χ4v) is 2.24. The molecule has 4 heteroatoms. The fourth-order valence-electron chi connectivity index (χ4n) is 2.24. The molecule has 0 aromatic carbocycles. The molecule has 1 saturated heterocycles. The molecule has 0 saturated carbocycles. The molecule has 2 rings (SSSR count). The van der Waals surface area contributed by atoms with Crippen molar-refractivity contribution in [2.45, 2.75) is 32.4 Å². The zero-order valence-electron chi connectivity index (χ0n) is 11.4. The van der Waals surface area contributed by atoms with Crippen LogP contribution >= 0.6 is 0 Å². The van der Waals surface area contributed by atoms with Gasteiger partial charge in [0, 0.05) is 32.9 Å². The fraction of sp³-hybridized carbons (Fsp3) is 0.643. The number of ether oxygens (including phenoxy) is 1. The molecule has 1 atom stereocenters. The van der Waals surface area contributed by atoms with Crippen LogP contribution in [0.4, 0.5) is 5.82 Å². The van der Waals surface area contributed by atoms with Crippen LogP contribution in [-0.4, -0.2) is 37.8 Å². The van der Waals surface area contributed by atoms with E-state index in [1.807, 2.05) is 6.20 Å². The lowest BCUT2D eigenvalue weighted by Crippen LogP contribution is -2.29. The number of anilines is 1. The minimum atomic E-state index is 0.370. The first-order valence-corrected chi connectivity index (χ1v) is 6.78. The Labute approximate surface area is 109 Å². The van der Waals surface area contributed by atoms with Gasteiger partial charge in [0.25, 0.3) is 0 Å². The summed E-state index contributed by atoms with van der Waals surface area (Å²) in [5.74, 6) is 1.03. The average molecular weight is 249 g/mol. The molecule has 0 amide bonds. The van der Waals surface area contributed by atoms with Gasteiger partial charge in [-0.2, -0.15) is 0 Å². The van der Waals surface area contributed by atoms with E-state index >= 15 is 0 Å². The first-order valence-electron chi connectivity index (χ1n) is 6.78. The Kier molecular flexibility index (Phi) is 4.96. The summed E-state index contributed by atoms with van der Waals surface area (Å²) >= 11 is 0. The molecule has 0 spiro atoms. The standard InChI is InChI=1S/C14H23N3O/c1-3-15-10-12-6-7-16-14(9-12)17(2)11-13-5-4-8-18-13/h6-7,9,13,15H,3-5,8,10-11H2,1-2H3. The van der Waals surface area contributed by atoms with E-state index in [4.69, 9.17) is 4.74 Å². The molecule has 1 aliphatic rings. The lowest BCUT2D eigenvalue weighted by molar-refractivity contribution is 0.116. The first-order chi connectivity index (χ1) is 8.79. The number of rotatable bonds is 6. The molecule has 1 fully saturated rings. The summed E-state index contributed by atoms with van der Waals surface area (Å²) in [5.41, 5.74) is 1.28. The largest absolute Gasteiger partial charge is 0.376 e. The minimum Gasteiger partial charge on any atom is -0.376 e. The molecule has 2 heterocycles. The summed E-state index contributed by atoms with van der Waals surface area (Å²) in [6.45, 7) is 5.85. The Balaban J connectivity index is 1.93. The van der Waals surface area contributed by atoms with Crippen molar-refractivity contribution in [1.82, 2.24) is 10.3 Å². The summed E-state index contributed by atoms with van der Waals surface area (Å²) < 4.78 is 5.66. The van der Waals surface area contributed by atoms with Gasteiger partial charge in [0.05, 0.1) is 6.10 Å². The van der Waals surface area contributed by atoms with Crippen LogP contribution in [0.1, 0.15) is 25.3 Å². The number of aromatic nitrogens is 1. The molecule has 1 N–H and O–H groups in total. The van der Waals surface area contributed by atoms with Gasteiger partial charge in [0.1, 0.15) is 5.82 Å². The van der Waals surface area contributed by atoms with Crippen molar-refractivity contribution in [1.29, 1.82) is 0 Å². The second-order valence-corrected chi connectivity index (χ2v) is 4.82. The number of pyridine rings is 1. The van der Waals surface area contributed by atoms with Crippen LogP contribution in [0.2, 0.25) is 0 Å². The number of nitrogens with zero attached hydrogens (tertiary/aromatic N) is 2. The van der Waals surface area contributed by atoms with Crippen molar-refractivity contribution in [3.63, 3.8) is 0 Å². The highest BCUT2D eigenvalue weighted by Crippen LogP contribution is 2.17. The van der Waals surface area contributed by atoms with Crippen molar-refractivity contribution >= 4 is 5.82 Å². The van der Waals surface area contributed by atoms with E-state index in [2.05, 4.69) is 41.3 Å². The zero-order valence-corrected chi connectivity index (χ0v) is 11.4. The zero-order chi connectivity index (χ0) is 12.8. The summed E-state index contributed by atoms with van der Waals surface area (Å²) in [6, 6.07) is 4.21. The predicted octanol–water partition coefficient (Wildman–Crippen LogP) is 1.81. The molecule has 0 radical (unpaired) electrons. The first kappa shape index (κ1) is 13.3. The summed E-state index contributed by atoms with van der Waals surface area (Å²) in [7, 11) is 2.08. The maximum absolute atomic E-state index is 5.66. The maximum atomic E-state index is 5.66. The average Bonchev–Trinajstić information content (AvgIpc) is 2.89. The predicted molar refractivity (Wildman–Crippen MR) is 73.9 cm³/mol. The van der Waals surface area contributed by atoms with Crippen molar-refractivity contribution in [3.05, 3.63) is 23.9 Å². The van der Waals surface area contributed by atoms with Gasteiger partial charge in [0.15, 0.2) is 0 Å². The second-order valence-electron chi connectivity index (χ2n) is 4.82. The molecular weight excluding hydrogens is 226 g/mol. The van der Waals surface area contributed by atoms with Gasteiger partial charge in [-0.1, -0.05) is 6.92 Å². The van der Waals surface area contributed by atoms with Gasteiger partial charge >= 0.3 is 0 Å². The lowest BCUT2D eigenvalue weighted by atomic mass is 10.2. The van der Waals surface area contributed by atoms with Crippen molar-refractivity contribution < 1.29 is 4.74 Å². The monoisotopic (exact) mass is 249 g/mol. The molecule has 18 heavy (non-hydrogen) atoms. The molecule has 1 aliphatic heterocycles. The summed E-state index contributed by atoms with van der Waals surface area (Å²) in [5, 5.41) is 3.33. The van der Waals surface area contributed by atoms with E-state index in [9.17, 15) is 0 Å². The molecule has 1 aromatic rings. The van der Waals surface area contributed by atoms with E-state index in [0.29, 0.717) is 6.10 Å². The molecule has 0 aliphatic carbocycles. The molecule has 4 nitrogen and oxygen atoms in total. The minimum absolute atomic E-state index is 0.370. The molecule has 1 aromatic heterocycles. The Morgan fingerprint density at radius 2 is 2.44 bits per heavy atom. The van der Waals surface area contributed by atoms with Crippen LogP contribution in [0.3, 0.4) is 0 Å². The van der Waals surface area contributed by atoms with Crippen LogP contribution in [0.15, 0.2) is 18.3 Å². The van der Waals surface area contributed by atoms with Gasteiger partial charge in [-0.25, -0.2) is 4.98 Å². The van der Waals surface area contributed by atoms with Gasteiger partial charge in [0.2, 0.25) is 0 Å².